The molecule has 0 saturated carbocycles. The van der Waals surface area contributed by atoms with E-state index in [0.29, 0.717) is 6.54 Å². The van der Waals surface area contributed by atoms with Gasteiger partial charge in [0.2, 0.25) is 0 Å². The Morgan fingerprint density at radius 1 is 0.929 bits per heavy atom. The molecule has 1 aliphatic heterocycles. The number of halogens is 1. The monoisotopic (exact) mass is 437 g/mol. The Morgan fingerprint density at radius 2 is 1.54 bits per heavy atom. The van der Waals surface area contributed by atoms with Gasteiger partial charge in [0.25, 0.3) is 0 Å². The molecule has 1 aliphatic rings. The summed E-state index contributed by atoms with van der Waals surface area (Å²) in [6.07, 6.45) is 1.92. The third-order valence-electron chi connectivity index (χ3n) is 5.69. The summed E-state index contributed by atoms with van der Waals surface area (Å²) in [6.45, 7) is 1.49. The summed E-state index contributed by atoms with van der Waals surface area (Å²) in [4.78, 5) is 2.29. The number of aliphatic hydroxyl groups is 1. The lowest BCUT2D eigenvalue weighted by Crippen LogP contribution is -2.48. The van der Waals surface area contributed by atoms with E-state index in [1.807, 2.05) is 72.8 Å². The van der Waals surface area contributed by atoms with Gasteiger partial charge in [-0.3, -0.25) is 4.90 Å². The minimum atomic E-state index is -1.11. The topological polar surface area (TPSA) is 43.7 Å². The van der Waals surface area contributed by atoms with Crippen molar-refractivity contribution >= 4 is 15.9 Å². The smallest absolute Gasteiger partial charge is 0.130 e. The molecule has 1 saturated heterocycles. The summed E-state index contributed by atoms with van der Waals surface area (Å²) < 4.78 is 0.858. The zero-order valence-corrected chi connectivity index (χ0v) is 17.2. The summed E-state index contributed by atoms with van der Waals surface area (Å²) in [5.41, 5.74) is 1.57. The Balaban J connectivity index is 1.73. The van der Waals surface area contributed by atoms with Crippen molar-refractivity contribution in [2.45, 2.75) is 31.0 Å². The van der Waals surface area contributed by atoms with E-state index >= 15 is 0 Å². The minimum Gasteiger partial charge on any atom is -0.508 e. The van der Waals surface area contributed by atoms with Gasteiger partial charge in [-0.2, -0.15) is 0 Å². The molecule has 0 bridgehead atoms. The Labute approximate surface area is 174 Å². The van der Waals surface area contributed by atoms with Crippen molar-refractivity contribution in [2.24, 2.45) is 0 Å². The Kier molecular flexibility index (Phi) is 5.54. The van der Waals surface area contributed by atoms with Crippen molar-refractivity contribution in [1.82, 2.24) is 4.90 Å². The maximum absolute atomic E-state index is 12.1. The van der Waals surface area contributed by atoms with Gasteiger partial charge in [-0.25, -0.2) is 0 Å². The van der Waals surface area contributed by atoms with Gasteiger partial charge in [0, 0.05) is 22.6 Å². The van der Waals surface area contributed by atoms with Gasteiger partial charge in [0.1, 0.15) is 11.4 Å². The van der Waals surface area contributed by atoms with Crippen LogP contribution in [0.5, 0.6) is 5.75 Å². The molecule has 3 aromatic rings. The van der Waals surface area contributed by atoms with Crippen LogP contribution in [0.3, 0.4) is 0 Å². The van der Waals surface area contributed by atoms with E-state index in [4.69, 9.17) is 0 Å². The third-order valence-corrected chi connectivity index (χ3v) is 6.19. The highest BCUT2D eigenvalue weighted by Crippen LogP contribution is 2.41. The molecule has 4 heteroatoms. The van der Waals surface area contributed by atoms with E-state index in [1.54, 1.807) is 6.07 Å². The number of phenolic OH excluding ortho intramolecular Hbond substituents is 1. The summed E-state index contributed by atoms with van der Waals surface area (Å²) in [5.74, 6) is 0.281. The van der Waals surface area contributed by atoms with Crippen LogP contribution in [0.4, 0.5) is 0 Å². The summed E-state index contributed by atoms with van der Waals surface area (Å²) >= 11 is 3.40. The lowest BCUT2D eigenvalue weighted by molar-refractivity contribution is -0.00672. The number of aromatic hydroxyl groups is 1. The number of likely N-dealkylation sites (tertiary alicyclic amines) is 1. The van der Waals surface area contributed by atoms with Crippen LogP contribution >= 0.6 is 15.9 Å². The van der Waals surface area contributed by atoms with Gasteiger partial charge in [-0.15, -0.1) is 0 Å². The number of benzene rings is 3. The lowest BCUT2D eigenvalue weighted by atomic mass is 9.79. The molecule has 0 unspecified atom stereocenters. The summed E-state index contributed by atoms with van der Waals surface area (Å²) in [5, 5.41) is 22.5. The van der Waals surface area contributed by atoms with E-state index in [0.717, 1.165) is 40.5 Å². The largest absolute Gasteiger partial charge is 0.508 e. The highest BCUT2D eigenvalue weighted by Gasteiger charge is 2.45. The van der Waals surface area contributed by atoms with Gasteiger partial charge < -0.3 is 10.2 Å². The molecule has 1 atom stereocenters. The first-order valence-electron chi connectivity index (χ1n) is 9.64. The van der Waals surface area contributed by atoms with E-state index in [1.165, 1.54) is 0 Å². The van der Waals surface area contributed by atoms with Crippen LogP contribution in [0.15, 0.2) is 83.3 Å². The molecule has 3 aromatic carbocycles. The molecule has 0 spiro atoms. The van der Waals surface area contributed by atoms with E-state index < -0.39 is 5.60 Å². The van der Waals surface area contributed by atoms with Crippen molar-refractivity contribution < 1.29 is 10.2 Å². The lowest BCUT2D eigenvalue weighted by Gasteiger charge is -2.40. The van der Waals surface area contributed by atoms with Crippen molar-refractivity contribution in [2.75, 3.05) is 6.54 Å². The number of nitrogens with zero attached hydrogens (tertiary/aromatic N) is 1. The molecular formula is C24H24BrNO2. The van der Waals surface area contributed by atoms with Crippen LogP contribution in [0, 0.1) is 0 Å². The predicted octanol–water partition coefficient (Wildman–Crippen LogP) is 5.06. The second-order valence-electron chi connectivity index (χ2n) is 7.40. The predicted molar refractivity (Wildman–Crippen MR) is 115 cm³/mol. The molecule has 1 heterocycles. The Hall–Kier alpha value is -2.14. The third kappa shape index (κ3) is 3.60. The molecule has 0 amide bonds. The summed E-state index contributed by atoms with van der Waals surface area (Å²) in [6, 6.07) is 25.4. The molecular weight excluding hydrogens is 414 g/mol. The van der Waals surface area contributed by atoms with Gasteiger partial charge in [-0.05, 0) is 42.6 Å². The number of phenols is 1. The maximum atomic E-state index is 12.1. The first kappa shape index (κ1) is 19.2. The van der Waals surface area contributed by atoms with Gasteiger partial charge in [0.15, 0.2) is 0 Å². The molecule has 1 fully saturated rings. The molecule has 0 aliphatic carbocycles. The molecule has 28 heavy (non-hydrogen) atoms. The average Bonchev–Trinajstić information content (AvgIpc) is 3.19. The van der Waals surface area contributed by atoms with Gasteiger partial charge in [-0.1, -0.05) is 82.7 Å². The fraction of sp³-hybridized carbons (Fsp3) is 0.250. The number of hydrogen-bond acceptors (Lipinski definition) is 3. The minimum absolute atomic E-state index is 0.0691. The van der Waals surface area contributed by atoms with E-state index in [-0.39, 0.29) is 11.8 Å². The normalized spacial score (nSPS) is 17.7. The second kappa shape index (κ2) is 8.08. The van der Waals surface area contributed by atoms with Crippen LogP contribution in [-0.4, -0.2) is 27.7 Å². The quantitative estimate of drug-likeness (QED) is 0.586. The highest BCUT2D eigenvalue weighted by atomic mass is 79.9. The summed E-state index contributed by atoms with van der Waals surface area (Å²) in [7, 11) is 0. The first-order chi connectivity index (χ1) is 13.6. The van der Waals surface area contributed by atoms with Crippen molar-refractivity contribution in [3.63, 3.8) is 0 Å². The zero-order chi connectivity index (χ0) is 19.6. The Bertz CT molecular complexity index is 890. The fourth-order valence-corrected chi connectivity index (χ4v) is 4.66. The molecule has 4 rings (SSSR count). The van der Waals surface area contributed by atoms with Crippen LogP contribution in [0.2, 0.25) is 0 Å². The molecule has 0 radical (unpaired) electrons. The Morgan fingerprint density at radius 3 is 2.11 bits per heavy atom. The standard InChI is InChI=1S/C24H24BrNO2/c25-21-14-13-18(22(27)16-21)17-26-15-7-12-23(26)24(28,19-8-3-1-4-9-19)20-10-5-2-6-11-20/h1-6,8-11,13-14,16,23,27-28H,7,12,15,17H2/t23-/m0/s1. The van der Waals surface area contributed by atoms with Crippen LogP contribution in [-0.2, 0) is 12.1 Å². The van der Waals surface area contributed by atoms with Crippen molar-refractivity contribution in [3.05, 3.63) is 100 Å². The fourth-order valence-electron chi connectivity index (χ4n) is 4.31. The second-order valence-corrected chi connectivity index (χ2v) is 8.32. The SMILES string of the molecule is Oc1cc(Br)ccc1CN1CCC[C@H]1C(O)(c1ccccc1)c1ccccc1. The molecule has 3 nitrogen and oxygen atoms in total. The van der Waals surface area contributed by atoms with Crippen LogP contribution < -0.4 is 0 Å². The van der Waals surface area contributed by atoms with E-state index in [2.05, 4.69) is 20.8 Å². The van der Waals surface area contributed by atoms with Gasteiger partial charge >= 0.3 is 0 Å². The number of rotatable bonds is 5. The maximum Gasteiger partial charge on any atom is 0.130 e. The van der Waals surface area contributed by atoms with Gasteiger partial charge in [0.05, 0.1) is 0 Å². The number of hydrogen-bond donors (Lipinski definition) is 2. The van der Waals surface area contributed by atoms with Crippen LogP contribution in [0.1, 0.15) is 29.5 Å². The van der Waals surface area contributed by atoms with E-state index in [9.17, 15) is 10.2 Å². The molecule has 2 N–H and O–H groups in total. The van der Waals surface area contributed by atoms with Crippen molar-refractivity contribution in [1.29, 1.82) is 0 Å². The van der Waals surface area contributed by atoms with Crippen LogP contribution in [0.25, 0.3) is 0 Å². The zero-order valence-electron chi connectivity index (χ0n) is 15.6. The molecule has 0 aromatic heterocycles. The highest BCUT2D eigenvalue weighted by molar-refractivity contribution is 9.10. The van der Waals surface area contributed by atoms with Crippen molar-refractivity contribution in [3.8, 4) is 5.75 Å². The first-order valence-corrected chi connectivity index (χ1v) is 10.4. The molecule has 144 valence electrons. The average molecular weight is 438 g/mol.